The van der Waals surface area contributed by atoms with Crippen molar-refractivity contribution in [3.8, 4) is 39.1 Å². The molecule has 77 heavy (non-hydrogen) atoms. The molecular weight excluding hydrogens is 935 g/mol. The molecule has 2 aliphatic rings. The Bertz CT molecular complexity index is 4550. The molecule has 0 bridgehead atoms. The van der Waals surface area contributed by atoms with Crippen LogP contribution in [0.1, 0.15) is 22.3 Å². The van der Waals surface area contributed by atoms with E-state index in [1.807, 2.05) is 6.07 Å². The maximum Gasteiger partial charge on any atom is 0.159 e. The van der Waals surface area contributed by atoms with Crippen molar-refractivity contribution in [3.63, 3.8) is 0 Å². The van der Waals surface area contributed by atoms with Crippen LogP contribution < -0.4 is 9.80 Å². The number of fused-ring (bicyclic) bond motifs is 17. The van der Waals surface area contributed by atoms with Crippen molar-refractivity contribution in [3.05, 3.63) is 307 Å². The number of anilines is 6. The highest BCUT2D eigenvalue weighted by Crippen LogP contribution is 2.64. The molecule has 2 heterocycles. The summed E-state index contributed by atoms with van der Waals surface area (Å²) in [7, 11) is 0. The normalized spacial score (nSPS) is 12.8. The summed E-state index contributed by atoms with van der Waals surface area (Å²) in [6.07, 6.45) is 0. The Morgan fingerprint density at radius 1 is 0.325 bits per heavy atom. The van der Waals surface area contributed by atoms with Gasteiger partial charge in [-0.15, -0.1) is 0 Å². The summed E-state index contributed by atoms with van der Waals surface area (Å²) in [6.45, 7) is 0. The van der Waals surface area contributed by atoms with Gasteiger partial charge in [0.15, 0.2) is 5.58 Å². The molecule has 0 atom stereocenters. The zero-order chi connectivity index (χ0) is 50.6. The van der Waals surface area contributed by atoms with E-state index in [9.17, 15) is 0 Å². The number of benzene rings is 12. The van der Waals surface area contributed by atoms with E-state index in [1.54, 1.807) is 0 Å². The average molecular weight is 982 g/mol. The van der Waals surface area contributed by atoms with E-state index in [0.717, 1.165) is 78.4 Å². The molecule has 4 nitrogen and oxygen atoms in total. The Hall–Kier alpha value is -10.2. The number of hydrogen-bond donors (Lipinski definition) is 0. The number of para-hydroxylation sites is 6. The third-order valence-corrected chi connectivity index (χ3v) is 16.3. The Labute approximate surface area is 446 Å². The first-order valence-corrected chi connectivity index (χ1v) is 26.5. The lowest BCUT2D eigenvalue weighted by Gasteiger charge is -2.30. The SMILES string of the molecule is c1ccc(N(c2ccccc2)c2cc(-c3ccc4c(c3)c3c5c(ccc3n4-c3ccccc3)C3(c4ccccc4-c4ccccc43)c3ccccc3-5)cc(N(c3ccccc3)c3cccc4c3oc3ccccc34)c2)cc1. The van der Waals surface area contributed by atoms with Gasteiger partial charge in [-0.05, 0) is 153 Å². The first kappa shape index (κ1) is 43.3. The van der Waals surface area contributed by atoms with Crippen LogP contribution in [0.3, 0.4) is 0 Å². The lowest BCUT2D eigenvalue weighted by atomic mass is 9.70. The van der Waals surface area contributed by atoms with Crippen LogP contribution in [0.5, 0.6) is 0 Å². The molecule has 12 aromatic carbocycles. The van der Waals surface area contributed by atoms with Gasteiger partial charge in [-0.1, -0.05) is 188 Å². The molecule has 0 fully saturated rings. The molecule has 0 unspecified atom stereocenters. The summed E-state index contributed by atoms with van der Waals surface area (Å²) >= 11 is 0. The fourth-order valence-corrected chi connectivity index (χ4v) is 13.3. The topological polar surface area (TPSA) is 24.6 Å². The first-order chi connectivity index (χ1) is 38.2. The van der Waals surface area contributed by atoms with Crippen LogP contribution in [-0.4, -0.2) is 4.57 Å². The zero-order valence-electron chi connectivity index (χ0n) is 41.9. The van der Waals surface area contributed by atoms with Crippen LogP contribution in [-0.2, 0) is 5.41 Å². The second kappa shape index (κ2) is 16.9. The van der Waals surface area contributed by atoms with Crippen LogP contribution in [0, 0.1) is 0 Å². The van der Waals surface area contributed by atoms with Gasteiger partial charge in [-0.2, -0.15) is 0 Å². The second-order valence-corrected chi connectivity index (χ2v) is 20.3. The quantitative estimate of drug-likeness (QED) is 0.152. The molecule has 4 heteroatoms. The van der Waals surface area contributed by atoms with Crippen molar-refractivity contribution in [2.45, 2.75) is 5.41 Å². The Kier molecular flexibility index (Phi) is 9.52. The van der Waals surface area contributed by atoms with Crippen LogP contribution in [0.25, 0.3) is 82.8 Å². The van der Waals surface area contributed by atoms with Crippen molar-refractivity contribution < 1.29 is 4.42 Å². The predicted molar refractivity (Wildman–Crippen MR) is 319 cm³/mol. The summed E-state index contributed by atoms with van der Waals surface area (Å²) in [5, 5.41) is 4.62. The summed E-state index contributed by atoms with van der Waals surface area (Å²) in [4.78, 5) is 4.74. The van der Waals surface area contributed by atoms with Crippen molar-refractivity contribution in [2.24, 2.45) is 0 Å². The molecule has 0 saturated carbocycles. The van der Waals surface area contributed by atoms with Crippen LogP contribution in [0.2, 0.25) is 0 Å². The Balaban J connectivity index is 0.999. The zero-order valence-corrected chi connectivity index (χ0v) is 41.9. The number of nitrogens with zero attached hydrogens (tertiary/aromatic N) is 3. The Morgan fingerprint density at radius 3 is 1.51 bits per heavy atom. The third kappa shape index (κ3) is 6.33. The predicted octanol–water partition coefficient (Wildman–Crippen LogP) is 19.6. The highest BCUT2D eigenvalue weighted by atomic mass is 16.3. The van der Waals surface area contributed by atoms with Gasteiger partial charge in [0.25, 0.3) is 0 Å². The van der Waals surface area contributed by atoms with E-state index in [1.165, 1.54) is 60.8 Å². The lowest BCUT2D eigenvalue weighted by Crippen LogP contribution is -2.25. The third-order valence-electron chi connectivity index (χ3n) is 16.3. The molecule has 16 rings (SSSR count). The fraction of sp³-hybridized carbons (Fsp3) is 0.0137. The second-order valence-electron chi connectivity index (χ2n) is 20.3. The molecule has 0 amide bonds. The van der Waals surface area contributed by atoms with E-state index < -0.39 is 5.41 Å². The minimum atomic E-state index is -0.475. The number of furan rings is 1. The molecule has 2 aromatic heterocycles. The van der Waals surface area contributed by atoms with E-state index in [4.69, 9.17) is 4.42 Å². The maximum atomic E-state index is 6.85. The molecule has 0 aliphatic heterocycles. The van der Waals surface area contributed by atoms with E-state index in [0.29, 0.717) is 0 Å². The van der Waals surface area contributed by atoms with Gasteiger partial charge < -0.3 is 18.8 Å². The van der Waals surface area contributed by atoms with Gasteiger partial charge in [0, 0.05) is 55.7 Å². The molecule has 0 saturated heterocycles. The first-order valence-electron chi connectivity index (χ1n) is 26.5. The standard InChI is InChI=1S/C73H47N3O/c1-5-22-50(23-6-1)74(51-24-7-2-8-25-51)54-44-49(45-55(47-54)75(52-26-9-3-10-27-52)68-38-21-34-59-58-32-16-20-39-69(58)77-72(59)68)48-40-42-66-61(46-48)71-67(76(66)53-28-11-4-12-29-53)43-41-65-70(71)60-33-15-19-37-64(60)73(65)62-35-17-13-30-56(62)57-31-14-18-36-63(57)73/h1-47H. The molecule has 14 aromatic rings. The minimum Gasteiger partial charge on any atom is -0.454 e. The summed E-state index contributed by atoms with van der Waals surface area (Å²) < 4.78 is 9.32. The maximum absolute atomic E-state index is 6.85. The minimum absolute atomic E-state index is 0.475. The van der Waals surface area contributed by atoms with Gasteiger partial charge in [0.05, 0.1) is 22.1 Å². The van der Waals surface area contributed by atoms with Gasteiger partial charge in [-0.25, -0.2) is 0 Å². The smallest absolute Gasteiger partial charge is 0.159 e. The van der Waals surface area contributed by atoms with Gasteiger partial charge in [0.2, 0.25) is 0 Å². The van der Waals surface area contributed by atoms with Crippen LogP contribution >= 0.6 is 0 Å². The van der Waals surface area contributed by atoms with Gasteiger partial charge in [0.1, 0.15) is 5.58 Å². The molecular formula is C73H47N3O. The largest absolute Gasteiger partial charge is 0.454 e. The number of hydrogen-bond acceptors (Lipinski definition) is 3. The number of rotatable bonds is 8. The monoisotopic (exact) mass is 981 g/mol. The lowest BCUT2D eigenvalue weighted by molar-refractivity contribution is 0.669. The van der Waals surface area contributed by atoms with Crippen LogP contribution in [0.15, 0.2) is 290 Å². The number of aromatic nitrogens is 1. The van der Waals surface area contributed by atoms with Crippen molar-refractivity contribution >= 4 is 77.9 Å². The van der Waals surface area contributed by atoms with Gasteiger partial charge in [-0.3, -0.25) is 0 Å². The molecule has 0 radical (unpaired) electrons. The fourth-order valence-electron chi connectivity index (χ4n) is 13.3. The molecule has 0 N–H and O–H groups in total. The van der Waals surface area contributed by atoms with Crippen LogP contribution in [0.4, 0.5) is 34.1 Å². The van der Waals surface area contributed by atoms with Crippen molar-refractivity contribution in [1.82, 2.24) is 4.57 Å². The summed E-state index contributed by atoms with van der Waals surface area (Å²) in [6, 6.07) is 104. The van der Waals surface area contributed by atoms with Crippen molar-refractivity contribution in [1.29, 1.82) is 0 Å². The molecule has 2 aliphatic carbocycles. The van der Waals surface area contributed by atoms with E-state index >= 15 is 0 Å². The summed E-state index contributed by atoms with van der Waals surface area (Å²) in [5.74, 6) is 0. The highest BCUT2D eigenvalue weighted by Gasteiger charge is 2.52. The Morgan fingerprint density at radius 2 is 0.844 bits per heavy atom. The van der Waals surface area contributed by atoms with Gasteiger partial charge >= 0.3 is 0 Å². The van der Waals surface area contributed by atoms with Crippen molar-refractivity contribution in [2.75, 3.05) is 9.80 Å². The highest BCUT2D eigenvalue weighted by molar-refractivity contribution is 6.20. The average Bonchev–Trinajstić information content (AvgIpc) is 3.81. The van der Waals surface area contributed by atoms with E-state index in [2.05, 4.69) is 293 Å². The van der Waals surface area contributed by atoms with E-state index in [-0.39, 0.29) is 0 Å². The molecule has 1 spiro atoms. The summed E-state index contributed by atoms with van der Waals surface area (Å²) in [5.41, 5.74) is 23.5. The molecule has 360 valence electrons.